The van der Waals surface area contributed by atoms with Crippen LogP contribution in [0.15, 0.2) is 18.2 Å². The summed E-state index contributed by atoms with van der Waals surface area (Å²) in [5, 5.41) is 12.5. The van der Waals surface area contributed by atoms with E-state index in [9.17, 15) is 9.90 Å². The average Bonchev–Trinajstić information content (AvgIpc) is 2.43. The van der Waals surface area contributed by atoms with Crippen LogP contribution in [0.1, 0.15) is 32.9 Å². The van der Waals surface area contributed by atoms with Gasteiger partial charge in [0.15, 0.2) is 0 Å². The van der Waals surface area contributed by atoms with Crippen LogP contribution in [0.5, 0.6) is 5.88 Å². The zero-order valence-electron chi connectivity index (χ0n) is 13.3. The van der Waals surface area contributed by atoms with Gasteiger partial charge >= 0.3 is 5.97 Å². The Morgan fingerprint density at radius 1 is 1.38 bits per heavy atom. The molecule has 1 aromatic heterocycles. The Morgan fingerprint density at radius 2 is 2.10 bits per heavy atom. The molecule has 0 aromatic carbocycles. The maximum atomic E-state index is 11.2. The van der Waals surface area contributed by atoms with Gasteiger partial charge < -0.3 is 15.2 Å². The molecule has 2 N–H and O–H groups in total. The third kappa shape index (κ3) is 6.58. The topological polar surface area (TPSA) is 71.5 Å². The van der Waals surface area contributed by atoms with Gasteiger partial charge in [-0.3, -0.25) is 4.79 Å². The predicted molar refractivity (Wildman–Crippen MR) is 82.5 cm³/mol. The number of hydrogen-bond donors (Lipinski definition) is 2. The predicted octanol–water partition coefficient (Wildman–Crippen LogP) is 2.36. The zero-order valence-corrected chi connectivity index (χ0v) is 13.3. The molecule has 0 radical (unpaired) electrons. The summed E-state index contributed by atoms with van der Waals surface area (Å²) in [5.74, 6) is -0.0974. The van der Waals surface area contributed by atoms with Crippen molar-refractivity contribution in [3.63, 3.8) is 0 Å². The molecule has 5 nitrogen and oxygen atoms in total. The van der Waals surface area contributed by atoms with Crippen LogP contribution in [0, 0.1) is 11.8 Å². The highest BCUT2D eigenvalue weighted by Gasteiger charge is 2.19. The van der Waals surface area contributed by atoms with E-state index in [0.717, 1.165) is 12.1 Å². The Morgan fingerprint density at radius 3 is 2.67 bits per heavy atom. The molecule has 5 heteroatoms. The molecule has 2 unspecified atom stereocenters. The van der Waals surface area contributed by atoms with Gasteiger partial charge in [-0.25, -0.2) is 4.98 Å². The van der Waals surface area contributed by atoms with Crippen LogP contribution in [0.4, 0.5) is 0 Å². The number of carboxylic acids is 1. The van der Waals surface area contributed by atoms with Crippen LogP contribution in [-0.4, -0.2) is 35.8 Å². The second-order valence-electron chi connectivity index (χ2n) is 5.85. The van der Waals surface area contributed by atoms with Gasteiger partial charge in [-0.05, 0) is 25.3 Å². The molecule has 0 aliphatic heterocycles. The third-order valence-electron chi connectivity index (χ3n) is 3.32. The first-order valence-electron chi connectivity index (χ1n) is 7.38. The Balaban J connectivity index is 2.48. The Bertz CT molecular complexity index is 449. The van der Waals surface area contributed by atoms with Gasteiger partial charge in [0.05, 0.1) is 13.0 Å². The van der Waals surface area contributed by atoms with E-state index in [4.69, 9.17) is 4.74 Å². The summed E-state index contributed by atoms with van der Waals surface area (Å²) in [6.45, 7) is 6.60. The van der Waals surface area contributed by atoms with Crippen molar-refractivity contribution in [3.8, 4) is 5.88 Å². The second kappa shape index (κ2) is 8.62. The summed E-state index contributed by atoms with van der Waals surface area (Å²) in [7, 11) is 1.59. The molecule has 1 aromatic rings. The van der Waals surface area contributed by atoms with Gasteiger partial charge in [-0.1, -0.05) is 19.9 Å². The molecule has 0 fully saturated rings. The molecule has 1 rings (SSSR count). The van der Waals surface area contributed by atoms with Crippen molar-refractivity contribution in [3.05, 3.63) is 23.9 Å². The number of hydrogen-bond acceptors (Lipinski definition) is 4. The van der Waals surface area contributed by atoms with Gasteiger partial charge in [0, 0.05) is 30.8 Å². The largest absolute Gasteiger partial charge is 0.481 e. The standard InChI is InChI=1S/C16H26N2O3/c1-11(2)8-13(16(19)20)10-17-12(3)9-14-6-5-7-15(18-14)21-4/h5-7,11-13,17H,8-10H2,1-4H3,(H,19,20). The fourth-order valence-corrected chi connectivity index (χ4v) is 2.25. The average molecular weight is 294 g/mol. The minimum atomic E-state index is -0.733. The van der Waals surface area contributed by atoms with Crippen LogP contribution in [0.2, 0.25) is 0 Å². The van der Waals surface area contributed by atoms with Crippen molar-refractivity contribution in [2.24, 2.45) is 11.8 Å². The number of pyridine rings is 1. The first-order valence-corrected chi connectivity index (χ1v) is 7.38. The molecule has 1 heterocycles. The summed E-state index contributed by atoms with van der Waals surface area (Å²) in [6.07, 6.45) is 1.43. The fraction of sp³-hybridized carbons (Fsp3) is 0.625. The molecule has 0 saturated heterocycles. The number of rotatable bonds is 9. The lowest BCUT2D eigenvalue weighted by Crippen LogP contribution is -2.36. The van der Waals surface area contributed by atoms with Crippen LogP contribution in [0.3, 0.4) is 0 Å². The summed E-state index contributed by atoms with van der Waals surface area (Å²) in [6, 6.07) is 5.83. The monoisotopic (exact) mass is 294 g/mol. The van der Waals surface area contributed by atoms with Crippen molar-refractivity contribution < 1.29 is 14.6 Å². The second-order valence-corrected chi connectivity index (χ2v) is 5.85. The molecule has 0 aliphatic carbocycles. The Labute approximate surface area is 126 Å². The van der Waals surface area contributed by atoms with Gasteiger partial charge in [-0.2, -0.15) is 0 Å². The third-order valence-corrected chi connectivity index (χ3v) is 3.32. The zero-order chi connectivity index (χ0) is 15.8. The lowest BCUT2D eigenvalue weighted by atomic mass is 9.97. The summed E-state index contributed by atoms with van der Waals surface area (Å²) in [5.41, 5.74) is 0.935. The highest BCUT2D eigenvalue weighted by atomic mass is 16.5. The Kier molecular flexibility index (Phi) is 7.15. The number of carboxylic acid groups (broad SMARTS) is 1. The number of nitrogens with zero attached hydrogens (tertiary/aromatic N) is 1. The van der Waals surface area contributed by atoms with Crippen molar-refractivity contribution in [1.29, 1.82) is 0 Å². The summed E-state index contributed by atoms with van der Waals surface area (Å²) >= 11 is 0. The van der Waals surface area contributed by atoms with E-state index < -0.39 is 5.97 Å². The van der Waals surface area contributed by atoms with Crippen molar-refractivity contribution in [2.75, 3.05) is 13.7 Å². The van der Waals surface area contributed by atoms with Crippen LogP contribution >= 0.6 is 0 Å². The molecular weight excluding hydrogens is 268 g/mol. The van der Waals surface area contributed by atoms with E-state index in [1.807, 2.05) is 39.0 Å². The summed E-state index contributed by atoms with van der Waals surface area (Å²) < 4.78 is 5.10. The quantitative estimate of drug-likeness (QED) is 0.731. The van der Waals surface area contributed by atoms with E-state index in [2.05, 4.69) is 10.3 Å². The first kappa shape index (κ1) is 17.4. The minimum absolute atomic E-state index is 0.165. The lowest BCUT2D eigenvalue weighted by molar-refractivity contribution is -0.142. The summed E-state index contributed by atoms with van der Waals surface area (Å²) in [4.78, 5) is 15.6. The number of methoxy groups -OCH3 is 1. The highest BCUT2D eigenvalue weighted by molar-refractivity contribution is 5.70. The lowest BCUT2D eigenvalue weighted by Gasteiger charge is -2.19. The van der Waals surface area contributed by atoms with E-state index in [-0.39, 0.29) is 12.0 Å². The van der Waals surface area contributed by atoms with Crippen molar-refractivity contribution >= 4 is 5.97 Å². The molecule has 0 spiro atoms. The number of nitrogens with one attached hydrogen (secondary N) is 1. The van der Waals surface area contributed by atoms with Gasteiger partial charge in [0.1, 0.15) is 0 Å². The maximum Gasteiger partial charge on any atom is 0.307 e. The van der Waals surface area contributed by atoms with Crippen LogP contribution < -0.4 is 10.1 Å². The maximum absolute atomic E-state index is 11.2. The van der Waals surface area contributed by atoms with Gasteiger partial charge in [-0.15, -0.1) is 0 Å². The molecule has 118 valence electrons. The first-order chi connectivity index (χ1) is 9.92. The van der Waals surface area contributed by atoms with Gasteiger partial charge in [0.2, 0.25) is 5.88 Å². The fourth-order valence-electron chi connectivity index (χ4n) is 2.25. The molecule has 21 heavy (non-hydrogen) atoms. The Hall–Kier alpha value is -1.62. The minimum Gasteiger partial charge on any atom is -0.481 e. The van der Waals surface area contributed by atoms with E-state index in [1.165, 1.54) is 0 Å². The smallest absolute Gasteiger partial charge is 0.307 e. The number of carbonyl (C=O) groups is 1. The van der Waals surface area contributed by atoms with Crippen molar-refractivity contribution in [2.45, 2.75) is 39.7 Å². The normalized spacial score (nSPS) is 14.0. The molecule has 0 saturated carbocycles. The molecule has 0 amide bonds. The van der Waals surface area contributed by atoms with E-state index >= 15 is 0 Å². The number of ether oxygens (including phenoxy) is 1. The van der Waals surface area contributed by atoms with Crippen molar-refractivity contribution in [1.82, 2.24) is 10.3 Å². The van der Waals surface area contributed by atoms with Crippen LogP contribution in [0.25, 0.3) is 0 Å². The van der Waals surface area contributed by atoms with E-state index in [1.54, 1.807) is 7.11 Å². The number of aliphatic carboxylic acids is 1. The highest BCUT2D eigenvalue weighted by Crippen LogP contribution is 2.12. The van der Waals surface area contributed by atoms with Gasteiger partial charge in [0.25, 0.3) is 0 Å². The number of aromatic nitrogens is 1. The van der Waals surface area contributed by atoms with E-state index in [0.29, 0.717) is 24.8 Å². The molecule has 2 atom stereocenters. The molecular formula is C16H26N2O3. The molecule has 0 aliphatic rings. The SMILES string of the molecule is COc1cccc(CC(C)NCC(CC(C)C)C(=O)O)n1. The molecule has 0 bridgehead atoms. The van der Waals surface area contributed by atoms with Crippen LogP contribution in [-0.2, 0) is 11.2 Å².